The van der Waals surface area contributed by atoms with Crippen molar-refractivity contribution in [2.45, 2.75) is 19.4 Å². The first-order valence-corrected chi connectivity index (χ1v) is 4.58. The molecule has 0 aliphatic rings. The third-order valence-corrected chi connectivity index (χ3v) is 2.27. The van der Waals surface area contributed by atoms with E-state index in [0.29, 0.717) is 6.42 Å². The van der Waals surface area contributed by atoms with Gasteiger partial charge in [-0.15, -0.1) is 6.58 Å². The molecule has 0 unspecified atom stereocenters. The Bertz CT molecular complexity index is 253. The van der Waals surface area contributed by atoms with Crippen molar-refractivity contribution in [3.05, 3.63) is 48.6 Å². The predicted molar refractivity (Wildman–Crippen MR) is 55.5 cm³/mol. The summed E-state index contributed by atoms with van der Waals surface area (Å²) in [5.41, 5.74) is 1.17. The molecule has 0 aromatic heterocycles. The van der Waals surface area contributed by atoms with Crippen LogP contribution in [-0.4, -0.2) is 11.2 Å². The lowest BCUT2D eigenvalue weighted by molar-refractivity contribution is 0.138. The van der Waals surface area contributed by atoms with Crippen molar-refractivity contribution in [1.82, 2.24) is 0 Å². The minimum Gasteiger partial charge on any atom is -0.392 e. The quantitative estimate of drug-likeness (QED) is 0.698. The highest BCUT2D eigenvalue weighted by molar-refractivity contribution is 5.15. The van der Waals surface area contributed by atoms with Gasteiger partial charge in [0.1, 0.15) is 0 Å². The minimum absolute atomic E-state index is 0.153. The van der Waals surface area contributed by atoms with Crippen molar-refractivity contribution in [3.63, 3.8) is 0 Å². The molecule has 1 aromatic rings. The van der Waals surface area contributed by atoms with Gasteiger partial charge in [0.05, 0.1) is 6.10 Å². The lowest BCUT2D eigenvalue weighted by atomic mass is 9.98. The zero-order valence-corrected chi connectivity index (χ0v) is 7.98. The highest BCUT2D eigenvalue weighted by atomic mass is 16.3. The maximum Gasteiger partial charge on any atom is 0.0640 e. The molecule has 0 aliphatic carbocycles. The van der Waals surface area contributed by atoms with E-state index in [1.54, 1.807) is 6.08 Å². The van der Waals surface area contributed by atoms with Crippen LogP contribution in [0.5, 0.6) is 0 Å². The van der Waals surface area contributed by atoms with Gasteiger partial charge in [-0.3, -0.25) is 0 Å². The number of aliphatic hydroxyl groups excluding tert-OH is 1. The van der Waals surface area contributed by atoms with E-state index in [2.05, 4.69) is 6.58 Å². The molecule has 1 rings (SSSR count). The molecule has 0 saturated heterocycles. The molecule has 0 saturated carbocycles. The van der Waals surface area contributed by atoms with E-state index in [4.69, 9.17) is 0 Å². The Hall–Kier alpha value is -1.08. The van der Waals surface area contributed by atoms with Crippen LogP contribution in [0.3, 0.4) is 0 Å². The van der Waals surface area contributed by atoms with Gasteiger partial charge in [0.2, 0.25) is 0 Å². The SMILES string of the molecule is C=C[C@@H](C)[C@H](O)Cc1ccccc1. The van der Waals surface area contributed by atoms with Crippen molar-refractivity contribution < 1.29 is 5.11 Å². The predicted octanol–water partition coefficient (Wildman–Crippen LogP) is 2.41. The Kier molecular flexibility index (Phi) is 3.71. The highest BCUT2D eigenvalue weighted by Crippen LogP contribution is 2.10. The van der Waals surface area contributed by atoms with Gasteiger partial charge in [0.15, 0.2) is 0 Å². The van der Waals surface area contributed by atoms with Crippen LogP contribution >= 0.6 is 0 Å². The number of benzene rings is 1. The maximum atomic E-state index is 9.70. The molecule has 1 nitrogen and oxygen atoms in total. The molecule has 0 spiro atoms. The summed E-state index contributed by atoms with van der Waals surface area (Å²) in [5.74, 6) is 0.153. The number of hydrogen-bond acceptors (Lipinski definition) is 1. The molecule has 0 fully saturated rings. The van der Waals surface area contributed by atoms with Crippen molar-refractivity contribution >= 4 is 0 Å². The van der Waals surface area contributed by atoms with E-state index < -0.39 is 0 Å². The van der Waals surface area contributed by atoms with Gasteiger partial charge in [-0.05, 0) is 17.9 Å². The van der Waals surface area contributed by atoms with Gasteiger partial charge >= 0.3 is 0 Å². The van der Waals surface area contributed by atoms with E-state index in [0.717, 1.165) is 0 Å². The van der Waals surface area contributed by atoms with Crippen molar-refractivity contribution in [2.75, 3.05) is 0 Å². The average Bonchev–Trinajstić information content (AvgIpc) is 2.18. The van der Waals surface area contributed by atoms with E-state index in [1.807, 2.05) is 37.3 Å². The molecule has 1 aromatic carbocycles. The standard InChI is InChI=1S/C12H16O/c1-3-10(2)12(13)9-11-7-5-4-6-8-11/h3-8,10,12-13H,1,9H2,2H3/t10-,12-/m1/s1. The Morgan fingerprint density at radius 1 is 1.38 bits per heavy atom. The van der Waals surface area contributed by atoms with Crippen molar-refractivity contribution in [3.8, 4) is 0 Å². The van der Waals surface area contributed by atoms with Crippen LogP contribution < -0.4 is 0 Å². The average molecular weight is 176 g/mol. The molecular weight excluding hydrogens is 160 g/mol. The first kappa shape index (κ1) is 10.0. The maximum absolute atomic E-state index is 9.70. The van der Waals surface area contributed by atoms with Gasteiger partial charge in [-0.1, -0.05) is 43.3 Å². The fourth-order valence-corrected chi connectivity index (χ4v) is 1.20. The van der Waals surface area contributed by atoms with Crippen LogP contribution in [0.1, 0.15) is 12.5 Å². The lowest BCUT2D eigenvalue weighted by Crippen LogP contribution is -2.18. The first-order valence-electron chi connectivity index (χ1n) is 4.58. The van der Waals surface area contributed by atoms with Gasteiger partial charge in [-0.2, -0.15) is 0 Å². The van der Waals surface area contributed by atoms with Gasteiger partial charge in [0, 0.05) is 0 Å². The smallest absolute Gasteiger partial charge is 0.0640 e. The highest BCUT2D eigenvalue weighted by Gasteiger charge is 2.10. The Morgan fingerprint density at radius 3 is 2.54 bits per heavy atom. The normalized spacial score (nSPS) is 14.9. The van der Waals surface area contributed by atoms with E-state index in [9.17, 15) is 5.11 Å². The largest absolute Gasteiger partial charge is 0.392 e. The van der Waals surface area contributed by atoms with E-state index >= 15 is 0 Å². The molecular formula is C12H16O. The van der Waals surface area contributed by atoms with Crippen LogP contribution in [0, 0.1) is 5.92 Å². The summed E-state index contributed by atoms with van der Waals surface area (Å²) < 4.78 is 0. The molecule has 0 bridgehead atoms. The summed E-state index contributed by atoms with van der Waals surface area (Å²) in [5, 5.41) is 9.70. The van der Waals surface area contributed by atoms with Crippen molar-refractivity contribution in [2.24, 2.45) is 5.92 Å². The fraction of sp³-hybridized carbons (Fsp3) is 0.333. The van der Waals surface area contributed by atoms with Gasteiger partial charge in [-0.25, -0.2) is 0 Å². The molecule has 0 heterocycles. The monoisotopic (exact) mass is 176 g/mol. The summed E-state index contributed by atoms with van der Waals surface area (Å²) >= 11 is 0. The summed E-state index contributed by atoms with van der Waals surface area (Å²) in [6.45, 7) is 5.64. The molecule has 1 N–H and O–H groups in total. The molecule has 0 radical (unpaired) electrons. The number of aliphatic hydroxyl groups is 1. The number of rotatable bonds is 4. The molecule has 13 heavy (non-hydrogen) atoms. The van der Waals surface area contributed by atoms with Crippen LogP contribution in [0.15, 0.2) is 43.0 Å². The molecule has 70 valence electrons. The molecule has 0 amide bonds. The summed E-state index contributed by atoms with van der Waals surface area (Å²) in [6, 6.07) is 10.0. The minimum atomic E-state index is -0.320. The van der Waals surface area contributed by atoms with Crippen LogP contribution in [-0.2, 0) is 6.42 Å². The topological polar surface area (TPSA) is 20.2 Å². The summed E-state index contributed by atoms with van der Waals surface area (Å²) in [4.78, 5) is 0. The van der Waals surface area contributed by atoms with Crippen molar-refractivity contribution in [1.29, 1.82) is 0 Å². The Morgan fingerprint density at radius 2 is 2.00 bits per heavy atom. The van der Waals surface area contributed by atoms with Gasteiger partial charge < -0.3 is 5.11 Å². The van der Waals surface area contributed by atoms with Crippen LogP contribution in [0.4, 0.5) is 0 Å². The number of hydrogen-bond donors (Lipinski definition) is 1. The molecule has 0 aliphatic heterocycles. The van der Waals surface area contributed by atoms with E-state index in [1.165, 1.54) is 5.56 Å². The zero-order chi connectivity index (χ0) is 9.68. The third kappa shape index (κ3) is 3.03. The molecule has 1 heteroatoms. The fourth-order valence-electron chi connectivity index (χ4n) is 1.20. The second-order valence-corrected chi connectivity index (χ2v) is 3.35. The second-order valence-electron chi connectivity index (χ2n) is 3.35. The summed E-state index contributed by atoms with van der Waals surface area (Å²) in [7, 11) is 0. The third-order valence-electron chi connectivity index (χ3n) is 2.27. The molecule has 2 atom stereocenters. The Labute approximate surface area is 79.7 Å². The zero-order valence-electron chi connectivity index (χ0n) is 7.98. The van der Waals surface area contributed by atoms with Gasteiger partial charge in [0.25, 0.3) is 0 Å². The van der Waals surface area contributed by atoms with Crippen LogP contribution in [0.25, 0.3) is 0 Å². The first-order chi connectivity index (χ1) is 6.24. The second kappa shape index (κ2) is 4.83. The van der Waals surface area contributed by atoms with Crippen LogP contribution in [0.2, 0.25) is 0 Å². The Balaban J connectivity index is 2.54. The van der Waals surface area contributed by atoms with E-state index in [-0.39, 0.29) is 12.0 Å². The summed E-state index contributed by atoms with van der Waals surface area (Å²) in [6.07, 6.45) is 2.17. The lowest BCUT2D eigenvalue weighted by Gasteiger charge is -2.14.